The van der Waals surface area contributed by atoms with Crippen LogP contribution >= 0.6 is 58.0 Å². The molecule has 1 atom stereocenters. The monoisotopic (exact) mass is 615 g/mol. The smallest absolute Gasteiger partial charge is 0.244 e. The maximum Gasteiger partial charge on any atom is 0.244 e. The first-order valence-corrected chi connectivity index (χ1v) is 14.6. The van der Waals surface area contributed by atoms with Crippen LogP contribution in [0.15, 0.2) is 30.3 Å². The number of carbonyl (C=O) groups is 2. The zero-order chi connectivity index (χ0) is 27.4. The molecule has 0 fully saturated rings. The molecule has 2 aromatic carbocycles. The molecule has 0 radical (unpaired) electrons. The molecule has 0 spiro atoms. The Morgan fingerprint density at radius 3 is 2.00 bits per heavy atom. The highest BCUT2D eigenvalue weighted by atomic mass is 35.5. The summed E-state index contributed by atoms with van der Waals surface area (Å²) in [7, 11) is -4.01. The Labute approximate surface area is 236 Å². The summed E-state index contributed by atoms with van der Waals surface area (Å²) >= 11 is 31.0. The molecule has 0 aromatic heterocycles. The van der Waals surface area contributed by atoms with Crippen LogP contribution in [0.5, 0.6) is 0 Å². The van der Waals surface area contributed by atoms with Crippen molar-refractivity contribution in [1.82, 2.24) is 10.2 Å². The molecule has 2 rings (SSSR count). The number of sulfonamides is 1. The van der Waals surface area contributed by atoms with Crippen molar-refractivity contribution in [1.29, 1.82) is 0 Å². The average Bonchev–Trinajstić information content (AvgIpc) is 2.75. The summed E-state index contributed by atoms with van der Waals surface area (Å²) in [6, 6.07) is 6.31. The minimum absolute atomic E-state index is 0.0204. The zero-order valence-corrected chi connectivity index (χ0v) is 24.6. The fourth-order valence-corrected chi connectivity index (χ4v) is 5.52. The predicted molar refractivity (Wildman–Crippen MR) is 148 cm³/mol. The molecular formula is C23H26Cl5N3O4S. The number of amides is 2. The van der Waals surface area contributed by atoms with E-state index in [1.54, 1.807) is 39.0 Å². The molecule has 13 heteroatoms. The lowest BCUT2D eigenvalue weighted by atomic mass is 10.1. The van der Waals surface area contributed by atoms with Crippen molar-refractivity contribution in [3.63, 3.8) is 0 Å². The van der Waals surface area contributed by atoms with Crippen LogP contribution in [0, 0.1) is 0 Å². The van der Waals surface area contributed by atoms with Crippen LogP contribution in [0.1, 0.15) is 32.8 Å². The Balaban J connectivity index is 2.57. The summed E-state index contributed by atoms with van der Waals surface area (Å²) in [4.78, 5) is 28.0. The van der Waals surface area contributed by atoms with E-state index in [1.165, 1.54) is 17.0 Å². The Kier molecular flexibility index (Phi) is 11.0. The van der Waals surface area contributed by atoms with Gasteiger partial charge in [-0.25, -0.2) is 8.42 Å². The van der Waals surface area contributed by atoms with Crippen LogP contribution in [0.4, 0.5) is 5.69 Å². The number of anilines is 1. The number of benzene rings is 2. The van der Waals surface area contributed by atoms with Gasteiger partial charge in [-0.2, -0.15) is 0 Å². The second-order valence-corrected chi connectivity index (χ2v) is 12.2. The van der Waals surface area contributed by atoms with Crippen LogP contribution < -0.4 is 9.62 Å². The fourth-order valence-electron chi connectivity index (χ4n) is 3.45. The molecule has 0 bridgehead atoms. The zero-order valence-electron chi connectivity index (χ0n) is 20.0. The van der Waals surface area contributed by atoms with Crippen LogP contribution in [-0.4, -0.2) is 50.0 Å². The Morgan fingerprint density at radius 2 is 1.50 bits per heavy atom. The molecule has 1 unspecified atom stereocenters. The quantitative estimate of drug-likeness (QED) is 0.329. The predicted octanol–water partition coefficient (Wildman–Crippen LogP) is 6.05. The maximum absolute atomic E-state index is 13.7. The van der Waals surface area contributed by atoms with Gasteiger partial charge in [-0.15, -0.1) is 0 Å². The van der Waals surface area contributed by atoms with Crippen molar-refractivity contribution in [2.45, 2.75) is 45.8 Å². The molecule has 0 aliphatic carbocycles. The number of nitrogens with zero attached hydrogens (tertiary/aromatic N) is 2. The summed E-state index contributed by atoms with van der Waals surface area (Å²) in [6.45, 7) is 4.53. The van der Waals surface area contributed by atoms with Crippen molar-refractivity contribution < 1.29 is 18.0 Å². The van der Waals surface area contributed by atoms with Crippen LogP contribution in [0.2, 0.25) is 25.1 Å². The molecule has 0 saturated carbocycles. The van der Waals surface area contributed by atoms with Crippen molar-refractivity contribution >= 4 is 85.5 Å². The van der Waals surface area contributed by atoms with Gasteiger partial charge in [0, 0.05) is 28.2 Å². The highest BCUT2D eigenvalue weighted by molar-refractivity contribution is 7.92. The first-order valence-electron chi connectivity index (χ1n) is 10.8. The van der Waals surface area contributed by atoms with Crippen LogP contribution in [0.25, 0.3) is 0 Å². The third kappa shape index (κ3) is 7.79. The van der Waals surface area contributed by atoms with E-state index in [4.69, 9.17) is 58.0 Å². The van der Waals surface area contributed by atoms with E-state index in [1.807, 2.05) is 0 Å². The van der Waals surface area contributed by atoms with Crippen molar-refractivity contribution in [2.75, 3.05) is 17.1 Å². The minimum Gasteiger partial charge on any atom is -0.352 e. The van der Waals surface area contributed by atoms with Gasteiger partial charge in [0.15, 0.2) is 0 Å². The van der Waals surface area contributed by atoms with Gasteiger partial charge in [-0.3, -0.25) is 13.9 Å². The standard InChI is InChI=1S/C23H26Cl5N3O4S/c1-5-20(23(33)29-13(2)3)30(11-14-15(24)7-6-8-16(14)25)22(32)12-31(36(4,34)35)21-10-18(27)17(26)9-19(21)28/h6-10,13,20H,5,11-12H2,1-4H3,(H,29,33). The van der Waals surface area contributed by atoms with E-state index in [0.29, 0.717) is 15.6 Å². The third-order valence-corrected chi connectivity index (χ3v) is 8.00. The molecule has 0 aliphatic rings. The number of carbonyl (C=O) groups excluding carboxylic acids is 2. The fraction of sp³-hybridized carbons (Fsp3) is 0.391. The van der Waals surface area contributed by atoms with Gasteiger partial charge in [-0.1, -0.05) is 71.0 Å². The Morgan fingerprint density at radius 1 is 0.944 bits per heavy atom. The average molecular weight is 618 g/mol. The van der Waals surface area contributed by atoms with Crippen molar-refractivity contribution in [3.8, 4) is 0 Å². The van der Waals surface area contributed by atoms with Crippen LogP contribution in [0.3, 0.4) is 0 Å². The molecule has 2 amide bonds. The van der Waals surface area contributed by atoms with E-state index >= 15 is 0 Å². The van der Waals surface area contributed by atoms with Gasteiger partial charge in [0.2, 0.25) is 21.8 Å². The normalized spacial score (nSPS) is 12.4. The molecule has 1 N–H and O–H groups in total. The highest BCUT2D eigenvalue weighted by Gasteiger charge is 2.33. The second-order valence-electron chi connectivity index (χ2n) is 8.30. The third-order valence-electron chi connectivity index (χ3n) is 5.14. The number of halogens is 5. The van der Waals surface area contributed by atoms with Gasteiger partial charge < -0.3 is 10.2 Å². The first-order chi connectivity index (χ1) is 16.7. The molecule has 2 aromatic rings. The maximum atomic E-state index is 13.7. The Bertz CT molecular complexity index is 1220. The molecule has 0 heterocycles. The van der Waals surface area contributed by atoms with Gasteiger partial charge in [0.05, 0.1) is 27.0 Å². The van der Waals surface area contributed by atoms with Gasteiger partial charge in [-0.05, 0) is 44.5 Å². The van der Waals surface area contributed by atoms with E-state index < -0.39 is 34.4 Å². The molecule has 7 nitrogen and oxygen atoms in total. The van der Waals surface area contributed by atoms with Gasteiger partial charge >= 0.3 is 0 Å². The molecule has 198 valence electrons. The Hall–Kier alpha value is -1.42. The summed E-state index contributed by atoms with van der Waals surface area (Å²) in [5, 5.41) is 3.55. The van der Waals surface area contributed by atoms with Gasteiger partial charge in [0.1, 0.15) is 12.6 Å². The molecule has 0 saturated heterocycles. The minimum atomic E-state index is -4.01. The SMILES string of the molecule is CCC(C(=O)NC(C)C)N(Cc1c(Cl)cccc1Cl)C(=O)CN(c1cc(Cl)c(Cl)cc1Cl)S(C)(=O)=O. The lowest BCUT2D eigenvalue weighted by Gasteiger charge is -2.33. The largest absolute Gasteiger partial charge is 0.352 e. The van der Waals surface area contributed by atoms with Crippen molar-refractivity contribution in [3.05, 3.63) is 61.0 Å². The summed E-state index contributed by atoms with van der Waals surface area (Å²) in [6.07, 6.45) is 1.18. The van der Waals surface area contributed by atoms with Gasteiger partial charge in [0.25, 0.3) is 0 Å². The summed E-state index contributed by atoms with van der Waals surface area (Å²) in [5.41, 5.74) is 0.390. The number of hydrogen-bond donors (Lipinski definition) is 1. The van der Waals surface area contributed by atoms with E-state index in [0.717, 1.165) is 10.6 Å². The van der Waals surface area contributed by atoms with Crippen LogP contribution in [-0.2, 0) is 26.2 Å². The second kappa shape index (κ2) is 12.9. The van der Waals surface area contributed by atoms with E-state index in [-0.39, 0.29) is 39.8 Å². The van der Waals surface area contributed by atoms with E-state index in [2.05, 4.69) is 5.32 Å². The lowest BCUT2D eigenvalue weighted by molar-refractivity contribution is -0.140. The number of hydrogen-bond acceptors (Lipinski definition) is 4. The molecule has 36 heavy (non-hydrogen) atoms. The highest BCUT2D eigenvalue weighted by Crippen LogP contribution is 2.36. The van der Waals surface area contributed by atoms with Crippen molar-refractivity contribution in [2.24, 2.45) is 0 Å². The molecular weight excluding hydrogens is 592 g/mol. The number of nitrogens with one attached hydrogen (secondary N) is 1. The first kappa shape index (κ1) is 30.8. The van der Waals surface area contributed by atoms with E-state index in [9.17, 15) is 18.0 Å². The topological polar surface area (TPSA) is 86.8 Å². The number of rotatable bonds is 10. The summed E-state index contributed by atoms with van der Waals surface area (Å²) in [5.74, 6) is -1.08. The molecule has 0 aliphatic heterocycles. The summed E-state index contributed by atoms with van der Waals surface area (Å²) < 4.78 is 26.3. The lowest BCUT2D eigenvalue weighted by Crippen LogP contribution is -2.53.